The van der Waals surface area contributed by atoms with Crippen LogP contribution in [0.3, 0.4) is 0 Å². The molecule has 0 fully saturated rings. The summed E-state index contributed by atoms with van der Waals surface area (Å²) in [5.41, 5.74) is 0. The van der Waals surface area contributed by atoms with Crippen molar-refractivity contribution in [2.75, 3.05) is 0 Å². The van der Waals surface area contributed by atoms with Crippen LogP contribution in [-0.4, -0.2) is 17.0 Å². The van der Waals surface area contributed by atoms with Gasteiger partial charge < -0.3 is 15.0 Å². The van der Waals surface area contributed by atoms with Crippen molar-refractivity contribution in [3.8, 4) is 0 Å². The fourth-order valence-corrected chi connectivity index (χ4v) is 0. The van der Waals surface area contributed by atoms with E-state index in [1.165, 1.54) is 0 Å². The maximum Gasteiger partial charge on any atom is 1.00 e. The van der Waals surface area contributed by atoms with E-state index in [1.54, 1.807) is 0 Å². The molecule has 0 aliphatic rings. The van der Waals surface area contributed by atoms with E-state index in [9.17, 15) is 9.90 Å². The smallest absolute Gasteiger partial charge is 0.550 e. The van der Waals surface area contributed by atoms with Gasteiger partial charge in [-0.2, -0.15) is 0 Å². The Balaban J connectivity index is -0.000000142. The summed E-state index contributed by atoms with van der Waals surface area (Å²) in [7, 11) is 0. The summed E-state index contributed by atoms with van der Waals surface area (Å²) in [5.74, 6) is -2.84. The van der Waals surface area contributed by atoms with Gasteiger partial charge in [0.1, 0.15) is 0 Å². The molecule has 0 rings (SSSR count). The number of carbonyl (C=O) groups is 2. The van der Waals surface area contributed by atoms with Crippen molar-refractivity contribution in [2.45, 2.75) is 13.8 Å². The molecule has 48 valence electrons. The number of carbonyl (C=O) groups excluding carboxylic acids is 1. The normalized spacial score (nSPS) is 11.9. The summed E-state index contributed by atoms with van der Waals surface area (Å²) < 4.78 is 18.2. The molecule has 9 heavy (non-hydrogen) atoms. The molecule has 1 N–H and O–H groups in total. The molecule has 0 bridgehead atoms. The van der Waals surface area contributed by atoms with Crippen LogP contribution in [0.25, 0.3) is 0 Å². The number of carboxylic acids is 2. The Morgan fingerprint density at radius 1 is 1.89 bits per heavy atom. The fourth-order valence-electron chi connectivity index (χ4n) is 0. The number of rotatable bonds is 0. The van der Waals surface area contributed by atoms with Gasteiger partial charge in [0.15, 0.2) is 0 Å². The Labute approximate surface area is 79.4 Å². The van der Waals surface area contributed by atoms with Gasteiger partial charge in [0, 0.05) is 17.0 Å². The van der Waals surface area contributed by atoms with E-state index < -0.39 is 18.8 Å². The molecule has 0 amide bonds. The molecule has 4 nitrogen and oxygen atoms in total. The molecule has 0 saturated carbocycles. The van der Waals surface area contributed by atoms with Gasteiger partial charge >= 0.3 is 29.6 Å². The Morgan fingerprint density at radius 3 is 2.00 bits per heavy atom. The Bertz CT molecular complexity index is 151. The first-order chi connectivity index (χ1) is 4.68. The summed E-state index contributed by atoms with van der Waals surface area (Å²) in [6.07, 6.45) is 0. The standard InChI is InChI=1S/2C2H4O2.Na/c2*1-2(3)4;/h2*1H3,(H,3,4);/q;;+1/p-1/i3+2,4+2;1+1D3,2+1;. The average Bonchev–Trinajstić information content (AvgIpc) is 1.59. The van der Waals surface area contributed by atoms with Gasteiger partial charge in [-0.1, -0.05) is 0 Å². The van der Waals surface area contributed by atoms with E-state index in [4.69, 9.17) is 14.0 Å². The summed E-state index contributed by atoms with van der Waals surface area (Å²) in [5, 5.41) is 16.8. The zero-order valence-corrected chi connectivity index (χ0v) is 7.17. The van der Waals surface area contributed by atoms with Crippen molar-refractivity contribution >= 4 is 11.9 Å². The molecular weight excluding hydrogens is 141 g/mol. The predicted octanol–water partition coefficient (Wildman–Crippen LogP) is -4.15. The van der Waals surface area contributed by atoms with E-state index in [0.29, 0.717) is 0 Å². The van der Waals surface area contributed by atoms with Crippen LogP contribution >= 0.6 is 0 Å². The van der Waals surface area contributed by atoms with Crippen molar-refractivity contribution < 1.29 is 53.5 Å². The summed E-state index contributed by atoms with van der Waals surface area (Å²) in [4.78, 5) is 18.3. The minimum atomic E-state index is -2.94. The van der Waals surface area contributed by atoms with Crippen molar-refractivity contribution in [2.24, 2.45) is 0 Å². The zero-order chi connectivity index (χ0) is 9.65. The maximum absolute atomic E-state index is 9.35. The topological polar surface area (TPSA) is 77.4 Å². The third kappa shape index (κ3) is 77800. The second-order valence-electron chi connectivity index (χ2n) is 0.806. The number of hydrogen-bond donors (Lipinski definition) is 1. The van der Waals surface area contributed by atoms with Gasteiger partial charge in [-0.25, -0.2) is 0 Å². The van der Waals surface area contributed by atoms with E-state index in [0.717, 1.165) is 6.92 Å². The van der Waals surface area contributed by atoms with Gasteiger partial charge in [-0.15, -0.1) is 0 Å². The molecule has 5 heteroatoms. The molecule has 0 atom stereocenters. The van der Waals surface area contributed by atoms with Crippen molar-refractivity contribution in [3.63, 3.8) is 0 Å². The second-order valence-corrected chi connectivity index (χ2v) is 0.806. The van der Waals surface area contributed by atoms with Crippen molar-refractivity contribution in [1.29, 1.82) is 0 Å². The van der Waals surface area contributed by atoms with Crippen LogP contribution in [0, 0.1) is 0 Å². The van der Waals surface area contributed by atoms with Crippen LogP contribution in [-0.2, 0) is 9.59 Å². The molecule has 0 saturated heterocycles. The SMILES string of the molecule is CC(=[18O])[18OH].[2H][13C]([2H])([2H])[13C](=O)[O-].[Na+]. The van der Waals surface area contributed by atoms with Crippen LogP contribution < -0.4 is 34.7 Å². The minimum absolute atomic E-state index is 0. The first-order valence-corrected chi connectivity index (χ1v) is 1.59. The number of hydrogen-bond acceptors (Lipinski definition) is 3. The summed E-state index contributed by atoms with van der Waals surface area (Å²) >= 11 is 0. The zero-order valence-electron chi connectivity index (χ0n) is 8.17. The molecule has 0 unspecified atom stereocenters. The third-order valence-electron chi connectivity index (χ3n) is 0. The molecule has 0 aliphatic heterocycles. The predicted molar refractivity (Wildman–Crippen MR) is 24.0 cm³/mol. The van der Waals surface area contributed by atoms with Crippen LogP contribution in [0.5, 0.6) is 0 Å². The van der Waals surface area contributed by atoms with Crippen molar-refractivity contribution in [3.05, 3.63) is 0 Å². The maximum atomic E-state index is 9.35. The van der Waals surface area contributed by atoms with Crippen molar-refractivity contribution in [1.82, 2.24) is 0 Å². The van der Waals surface area contributed by atoms with E-state index in [1.807, 2.05) is 0 Å². The first kappa shape index (κ1) is 7.05. The van der Waals surface area contributed by atoms with Gasteiger partial charge in [-0.05, 0) is 6.85 Å². The first-order valence-electron chi connectivity index (χ1n) is 3.09. The quantitative estimate of drug-likeness (QED) is 0.216. The largest absolute Gasteiger partial charge is 1.00 e. The van der Waals surface area contributed by atoms with Crippen LogP contribution in [0.2, 0.25) is 0 Å². The van der Waals surface area contributed by atoms with Gasteiger partial charge in [-0.3, -0.25) is 4.79 Å². The van der Waals surface area contributed by atoms with Crippen LogP contribution in [0.15, 0.2) is 0 Å². The molecular formula is C4H7NaO4. The molecule has 0 aromatic carbocycles. The van der Waals surface area contributed by atoms with E-state index in [-0.39, 0.29) is 29.6 Å². The molecule has 0 aromatic rings. The monoisotopic (exact) mass is 151 g/mol. The molecule has 0 heterocycles. The van der Waals surface area contributed by atoms with Crippen LogP contribution in [0.1, 0.15) is 17.9 Å². The second kappa shape index (κ2) is 10.8. The summed E-state index contributed by atoms with van der Waals surface area (Å²) in [6, 6.07) is 0. The minimum Gasteiger partial charge on any atom is -0.550 e. The van der Waals surface area contributed by atoms with Gasteiger partial charge in [0.05, 0.1) is 0 Å². The van der Waals surface area contributed by atoms with Crippen LogP contribution in [0.4, 0.5) is 0 Å². The molecule has 0 radical (unpaired) electrons. The Morgan fingerprint density at radius 2 is 2.00 bits per heavy atom. The fraction of sp³-hybridized carbons (Fsp3) is 0.500. The number of aliphatic carboxylic acids is 2. The Kier molecular flexibility index (Phi) is 8.49. The third-order valence-corrected chi connectivity index (χ3v) is 0. The van der Waals surface area contributed by atoms with Gasteiger partial charge in [0.2, 0.25) is 0 Å². The van der Waals surface area contributed by atoms with E-state index >= 15 is 0 Å². The average molecular weight is 151 g/mol. The molecule has 0 aliphatic carbocycles. The molecule has 0 aromatic heterocycles. The number of carboxylic acid groups (broad SMARTS) is 2. The van der Waals surface area contributed by atoms with Gasteiger partial charge in [0.25, 0.3) is 5.97 Å². The molecule has 0 spiro atoms. The summed E-state index contributed by atoms with van der Waals surface area (Å²) in [6.45, 7) is -1.86. The van der Waals surface area contributed by atoms with E-state index in [2.05, 4.69) is 0 Å². The Hall–Kier alpha value is -0.0600.